The third-order valence-electron chi connectivity index (χ3n) is 5.00. The average Bonchev–Trinajstić information content (AvgIpc) is 3.12. The number of carbonyl (C=O) groups is 1. The second kappa shape index (κ2) is 8.80. The number of hydrogen-bond acceptors (Lipinski definition) is 5. The molecule has 0 spiro atoms. The van der Waals surface area contributed by atoms with E-state index in [1.165, 1.54) is 31.2 Å². The number of hydrogen-bond donors (Lipinski definition) is 1. The first-order valence-electron chi connectivity index (χ1n) is 9.41. The molecule has 162 valence electrons. The molecule has 31 heavy (non-hydrogen) atoms. The maximum atomic E-state index is 14.2. The zero-order valence-electron chi connectivity index (χ0n) is 16.7. The van der Waals surface area contributed by atoms with Crippen LogP contribution in [0.1, 0.15) is 24.5 Å². The number of Topliss-reactive ketones (excluding diaryl/α,β-unsaturated/α-hetero) is 1. The molecule has 0 amide bonds. The Balaban J connectivity index is 1.89. The van der Waals surface area contributed by atoms with Gasteiger partial charge in [0.15, 0.2) is 9.84 Å². The van der Waals surface area contributed by atoms with Crippen molar-refractivity contribution in [2.75, 3.05) is 5.75 Å². The van der Waals surface area contributed by atoms with Crippen LogP contribution in [-0.4, -0.2) is 31.4 Å². The first kappa shape index (κ1) is 23.0. The second-order valence-electron chi connectivity index (χ2n) is 7.09. The standard InChI is InChI=1S/C22H19ClF2N2O3S/c1-3-13-10-18(27-21(13)20-15(24)7-5-8-16(20)25)22(28)17(26)11-31(29,30)19-9-4-6-14(23)12(19)2/h4-10,13,26H,3,11H2,1-2H3. The summed E-state index contributed by atoms with van der Waals surface area (Å²) in [5, 5.41) is 8.30. The Bertz CT molecular complexity index is 1230. The number of sulfone groups is 1. The van der Waals surface area contributed by atoms with Crippen LogP contribution in [0.15, 0.2) is 58.1 Å². The summed E-state index contributed by atoms with van der Waals surface area (Å²) in [6.07, 6.45) is 1.83. The van der Waals surface area contributed by atoms with E-state index < -0.39 is 44.6 Å². The van der Waals surface area contributed by atoms with Crippen molar-refractivity contribution >= 4 is 38.6 Å². The van der Waals surface area contributed by atoms with Crippen LogP contribution in [0.3, 0.4) is 0 Å². The van der Waals surface area contributed by atoms with E-state index >= 15 is 0 Å². The molecule has 0 aliphatic carbocycles. The van der Waals surface area contributed by atoms with Crippen molar-refractivity contribution in [3.63, 3.8) is 0 Å². The molecule has 1 aliphatic rings. The van der Waals surface area contributed by atoms with Gasteiger partial charge in [-0.1, -0.05) is 30.7 Å². The van der Waals surface area contributed by atoms with Gasteiger partial charge in [-0.05, 0) is 49.2 Å². The molecule has 9 heteroatoms. The third kappa shape index (κ3) is 4.50. The Morgan fingerprint density at radius 2 is 1.77 bits per heavy atom. The van der Waals surface area contributed by atoms with Crippen molar-refractivity contribution in [1.82, 2.24) is 0 Å². The minimum atomic E-state index is -4.01. The third-order valence-corrected chi connectivity index (χ3v) is 7.19. The Morgan fingerprint density at radius 1 is 1.16 bits per heavy atom. The van der Waals surface area contributed by atoms with Crippen molar-refractivity contribution in [3.05, 3.63) is 76.0 Å². The summed E-state index contributed by atoms with van der Waals surface area (Å²) in [6, 6.07) is 7.78. The topological polar surface area (TPSA) is 87.4 Å². The van der Waals surface area contributed by atoms with E-state index in [9.17, 15) is 22.0 Å². The average molecular weight is 465 g/mol. The van der Waals surface area contributed by atoms with Crippen LogP contribution in [0.2, 0.25) is 5.02 Å². The molecule has 5 nitrogen and oxygen atoms in total. The van der Waals surface area contributed by atoms with Crippen LogP contribution in [0, 0.1) is 29.9 Å². The quantitative estimate of drug-likeness (QED) is 0.602. The molecule has 2 aromatic rings. The summed E-state index contributed by atoms with van der Waals surface area (Å²) in [5.41, 5.74) is -0.859. The summed E-state index contributed by atoms with van der Waals surface area (Å²) in [7, 11) is -4.01. The van der Waals surface area contributed by atoms with Crippen molar-refractivity contribution in [2.24, 2.45) is 10.9 Å². The highest BCUT2D eigenvalue weighted by molar-refractivity contribution is 7.92. The van der Waals surface area contributed by atoms with Gasteiger partial charge >= 0.3 is 0 Å². The summed E-state index contributed by atoms with van der Waals surface area (Å²) in [4.78, 5) is 16.7. The molecular weight excluding hydrogens is 446 g/mol. The van der Waals surface area contributed by atoms with Crippen molar-refractivity contribution < 1.29 is 22.0 Å². The molecule has 2 aromatic carbocycles. The maximum absolute atomic E-state index is 14.2. The predicted molar refractivity (Wildman–Crippen MR) is 116 cm³/mol. The summed E-state index contributed by atoms with van der Waals surface area (Å²) in [5.74, 6) is -3.92. The maximum Gasteiger partial charge on any atom is 0.225 e. The van der Waals surface area contributed by atoms with E-state index in [4.69, 9.17) is 17.0 Å². The van der Waals surface area contributed by atoms with Gasteiger partial charge in [0.2, 0.25) is 5.78 Å². The lowest BCUT2D eigenvalue weighted by Crippen LogP contribution is -2.24. The Morgan fingerprint density at radius 3 is 2.39 bits per heavy atom. The van der Waals surface area contributed by atoms with E-state index in [1.54, 1.807) is 13.0 Å². The van der Waals surface area contributed by atoms with Crippen LogP contribution in [0.4, 0.5) is 8.78 Å². The molecule has 0 fully saturated rings. The number of ketones is 1. The van der Waals surface area contributed by atoms with Crippen LogP contribution >= 0.6 is 11.6 Å². The van der Waals surface area contributed by atoms with Gasteiger partial charge in [-0.2, -0.15) is 0 Å². The fourth-order valence-corrected chi connectivity index (χ4v) is 5.11. The van der Waals surface area contributed by atoms with Gasteiger partial charge in [0.05, 0.1) is 21.9 Å². The molecule has 0 radical (unpaired) electrons. The number of aliphatic imine (C=N–C) groups is 1. The number of allylic oxidation sites excluding steroid dienone is 2. The van der Waals surface area contributed by atoms with E-state index in [-0.39, 0.29) is 26.9 Å². The lowest BCUT2D eigenvalue weighted by atomic mass is 9.94. The van der Waals surface area contributed by atoms with Gasteiger partial charge in [0, 0.05) is 10.9 Å². The van der Waals surface area contributed by atoms with E-state index in [0.717, 1.165) is 12.1 Å². The van der Waals surface area contributed by atoms with Crippen LogP contribution < -0.4 is 0 Å². The molecule has 0 saturated heterocycles. The number of nitrogens with zero attached hydrogens (tertiary/aromatic N) is 1. The summed E-state index contributed by atoms with van der Waals surface area (Å²) >= 11 is 5.98. The molecule has 1 aliphatic heterocycles. The minimum Gasteiger partial charge on any atom is -0.300 e. The number of carbonyl (C=O) groups excluding carboxylic acids is 1. The van der Waals surface area contributed by atoms with Gasteiger partial charge in [-0.3, -0.25) is 4.79 Å². The molecule has 1 heterocycles. The van der Waals surface area contributed by atoms with Crippen molar-refractivity contribution in [2.45, 2.75) is 25.2 Å². The SMILES string of the molecule is CCC1C=C(C(=O)C(=N)CS(=O)(=O)c2cccc(Cl)c2C)N=C1c1c(F)cccc1F. The highest BCUT2D eigenvalue weighted by atomic mass is 35.5. The highest BCUT2D eigenvalue weighted by Gasteiger charge is 2.31. The van der Waals surface area contributed by atoms with Gasteiger partial charge < -0.3 is 5.41 Å². The number of benzene rings is 2. The van der Waals surface area contributed by atoms with Crippen molar-refractivity contribution in [1.29, 1.82) is 5.41 Å². The van der Waals surface area contributed by atoms with Crippen LogP contribution in [0.25, 0.3) is 0 Å². The van der Waals surface area contributed by atoms with Gasteiger partial charge in [-0.15, -0.1) is 0 Å². The molecule has 0 saturated carbocycles. The van der Waals surface area contributed by atoms with Gasteiger partial charge in [0.25, 0.3) is 0 Å². The smallest absolute Gasteiger partial charge is 0.225 e. The first-order chi connectivity index (χ1) is 14.6. The summed E-state index contributed by atoms with van der Waals surface area (Å²) < 4.78 is 53.9. The molecule has 1 N–H and O–H groups in total. The van der Waals surface area contributed by atoms with Crippen molar-refractivity contribution in [3.8, 4) is 0 Å². The molecule has 1 atom stereocenters. The zero-order chi connectivity index (χ0) is 22.9. The van der Waals surface area contributed by atoms with Gasteiger partial charge in [0.1, 0.15) is 23.1 Å². The van der Waals surface area contributed by atoms with E-state index in [0.29, 0.717) is 12.0 Å². The lowest BCUT2D eigenvalue weighted by Gasteiger charge is -2.11. The van der Waals surface area contributed by atoms with E-state index in [2.05, 4.69) is 4.99 Å². The lowest BCUT2D eigenvalue weighted by molar-refractivity contribution is -0.109. The Hall–Kier alpha value is -2.71. The number of rotatable bonds is 7. The highest BCUT2D eigenvalue weighted by Crippen LogP contribution is 2.29. The fraction of sp³-hybridized carbons (Fsp3) is 0.227. The fourth-order valence-electron chi connectivity index (χ4n) is 3.35. The largest absolute Gasteiger partial charge is 0.300 e. The Kier molecular flexibility index (Phi) is 6.52. The minimum absolute atomic E-state index is 0.0443. The Labute approximate surface area is 183 Å². The second-order valence-corrected chi connectivity index (χ2v) is 9.46. The molecule has 0 bridgehead atoms. The first-order valence-corrected chi connectivity index (χ1v) is 11.4. The zero-order valence-corrected chi connectivity index (χ0v) is 18.3. The summed E-state index contributed by atoms with van der Waals surface area (Å²) in [6.45, 7) is 3.30. The molecule has 0 aromatic heterocycles. The monoisotopic (exact) mass is 464 g/mol. The number of nitrogens with one attached hydrogen (secondary N) is 1. The van der Waals surface area contributed by atoms with E-state index in [1.807, 2.05) is 0 Å². The normalized spacial score (nSPS) is 16.1. The van der Waals surface area contributed by atoms with Crippen LogP contribution in [0.5, 0.6) is 0 Å². The van der Waals surface area contributed by atoms with Gasteiger partial charge in [-0.25, -0.2) is 22.2 Å². The molecule has 3 rings (SSSR count). The molecular formula is C22H19ClF2N2O3S. The van der Waals surface area contributed by atoms with Crippen LogP contribution in [-0.2, 0) is 14.6 Å². The number of halogens is 3. The molecule has 1 unspecified atom stereocenters. The predicted octanol–water partition coefficient (Wildman–Crippen LogP) is 4.70.